The molecule has 0 aliphatic heterocycles. The summed E-state index contributed by atoms with van der Waals surface area (Å²) in [5.74, 6) is -4.27. The van der Waals surface area contributed by atoms with Crippen LogP contribution < -0.4 is 5.30 Å². The number of phenols is 6. The van der Waals surface area contributed by atoms with E-state index in [0.717, 1.165) is 6.07 Å². The Labute approximate surface area is 118 Å². The third kappa shape index (κ3) is 1.42. The highest BCUT2D eigenvalue weighted by Crippen LogP contribution is 2.50. The number of hydrogen-bond donors (Lipinski definition) is 7. The molecule has 1 heterocycles. The largest absolute Gasteiger partial charge is 0.507 e. The first-order valence-corrected chi connectivity index (χ1v) is 6.18. The minimum Gasteiger partial charge on any atom is -0.507 e. The molecule has 7 N–H and O–H groups in total. The molecule has 0 saturated carbocycles. The van der Waals surface area contributed by atoms with E-state index >= 15 is 0 Å². The monoisotopic (exact) mass is 311 g/mol. The Balaban J connectivity index is 2.79. The van der Waals surface area contributed by atoms with Gasteiger partial charge in [-0.25, -0.2) is 0 Å². The van der Waals surface area contributed by atoms with Gasteiger partial charge in [-0.15, -0.1) is 0 Å². The maximum absolute atomic E-state index is 10.1. The summed E-state index contributed by atoms with van der Waals surface area (Å²) in [7, 11) is 2.06. The number of nitrogens with zero attached hydrogens (tertiary/aromatic N) is 1. The molecule has 1 aromatic heterocycles. The van der Waals surface area contributed by atoms with Crippen LogP contribution in [0.1, 0.15) is 0 Å². The van der Waals surface area contributed by atoms with Crippen LogP contribution in [-0.2, 0) is 0 Å². The molecule has 0 saturated heterocycles. The van der Waals surface area contributed by atoms with Gasteiger partial charge in [0, 0.05) is 11.4 Å². The number of fused-ring (bicyclic) bond motifs is 3. The van der Waals surface area contributed by atoms with Crippen LogP contribution in [0.4, 0.5) is 0 Å². The van der Waals surface area contributed by atoms with Crippen LogP contribution in [0.2, 0.25) is 0 Å². The highest BCUT2D eigenvalue weighted by molar-refractivity contribution is 7.28. The summed E-state index contributed by atoms with van der Waals surface area (Å²) >= 11 is 0. The Hall–Kier alpha value is -2.73. The second-order valence-electron chi connectivity index (χ2n) is 4.48. The number of aromatic nitrogens is 1. The van der Waals surface area contributed by atoms with Gasteiger partial charge < -0.3 is 35.8 Å². The van der Waals surface area contributed by atoms with Gasteiger partial charge in [0.05, 0.1) is 10.8 Å². The molecule has 0 bridgehead atoms. The summed E-state index contributed by atoms with van der Waals surface area (Å²) in [5, 5.41) is 68.2. The van der Waals surface area contributed by atoms with E-state index in [4.69, 9.17) is 0 Å². The van der Waals surface area contributed by atoms with Gasteiger partial charge in [-0.1, -0.05) is 9.24 Å². The lowest BCUT2D eigenvalue weighted by atomic mass is 10.1. The zero-order valence-electron chi connectivity index (χ0n) is 10.2. The van der Waals surface area contributed by atoms with Gasteiger partial charge in [-0.05, 0) is 0 Å². The minimum absolute atomic E-state index is 0.0720. The van der Waals surface area contributed by atoms with E-state index in [9.17, 15) is 35.8 Å². The van der Waals surface area contributed by atoms with Crippen molar-refractivity contribution in [2.75, 3.05) is 0 Å². The highest BCUT2D eigenvalue weighted by atomic mass is 31.0. The Morgan fingerprint density at radius 1 is 0.714 bits per heavy atom. The van der Waals surface area contributed by atoms with Crippen molar-refractivity contribution < 1.29 is 35.8 Å². The molecule has 8 nitrogen and oxygen atoms in total. The fourth-order valence-electron chi connectivity index (χ4n) is 2.37. The lowest BCUT2D eigenvalue weighted by Crippen LogP contribution is -2.01. The molecule has 110 valence electrons. The molecular weight excluding hydrogens is 301 g/mol. The van der Waals surface area contributed by atoms with Crippen molar-refractivity contribution in [3.8, 4) is 34.5 Å². The summed E-state index contributed by atoms with van der Waals surface area (Å²) in [5.41, 5.74) is -0.550. The van der Waals surface area contributed by atoms with Crippen LogP contribution >= 0.6 is 9.24 Å². The normalized spacial score (nSPS) is 11.5. The average molecular weight is 311 g/mol. The van der Waals surface area contributed by atoms with Crippen LogP contribution in [0.3, 0.4) is 0 Å². The van der Waals surface area contributed by atoms with E-state index in [2.05, 4.69) is 9.24 Å². The van der Waals surface area contributed by atoms with Gasteiger partial charge in [0.25, 0.3) is 0 Å². The molecule has 2 aromatic carbocycles. The SMILES string of the molecule is Oc1cc(O)c2c3c(O)c(O)c(O)c(P)c3n(O)c2c1O. The number of rotatable bonds is 0. The van der Waals surface area contributed by atoms with E-state index in [1.165, 1.54) is 0 Å². The Morgan fingerprint density at radius 2 is 1.33 bits per heavy atom. The van der Waals surface area contributed by atoms with E-state index in [1.807, 2.05) is 0 Å². The maximum Gasteiger partial charge on any atom is 0.201 e. The smallest absolute Gasteiger partial charge is 0.201 e. The average Bonchev–Trinajstić information content (AvgIpc) is 2.74. The molecule has 1 atom stereocenters. The Morgan fingerprint density at radius 3 is 1.95 bits per heavy atom. The third-order valence-corrected chi connectivity index (χ3v) is 3.89. The molecule has 3 aromatic rings. The van der Waals surface area contributed by atoms with Crippen molar-refractivity contribution in [3.05, 3.63) is 6.07 Å². The van der Waals surface area contributed by atoms with Crippen LogP contribution in [0, 0.1) is 0 Å². The van der Waals surface area contributed by atoms with Crippen LogP contribution in [-0.4, -0.2) is 40.6 Å². The summed E-state index contributed by atoms with van der Waals surface area (Å²) < 4.78 is 0.390. The zero-order valence-corrected chi connectivity index (χ0v) is 11.4. The first-order chi connectivity index (χ1) is 9.77. The van der Waals surface area contributed by atoms with Gasteiger partial charge in [0.2, 0.25) is 5.75 Å². The van der Waals surface area contributed by atoms with Crippen molar-refractivity contribution >= 4 is 36.4 Å². The lowest BCUT2D eigenvalue weighted by Gasteiger charge is -2.07. The van der Waals surface area contributed by atoms with Gasteiger partial charge in [0.1, 0.15) is 16.8 Å². The number of benzene rings is 2. The summed E-state index contributed by atoms with van der Waals surface area (Å²) in [4.78, 5) is 0. The molecule has 1 unspecified atom stereocenters. The Bertz CT molecular complexity index is 931. The van der Waals surface area contributed by atoms with Crippen molar-refractivity contribution in [2.24, 2.45) is 0 Å². The lowest BCUT2D eigenvalue weighted by molar-refractivity contribution is 0.210. The fourth-order valence-corrected chi connectivity index (χ4v) is 2.77. The highest BCUT2D eigenvalue weighted by Gasteiger charge is 2.27. The van der Waals surface area contributed by atoms with Gasteiger partial charge >= 0.3 is 0 Å². The molecule has 0 radical (unpaired) electrons. The topological polar surface area (TPSA) is 147 Å². The third-order valence-electron chi connectivity index (χ3n) is 3.34. The summed E-state index contributed by atoms with van der Waals surface area (Å²) in [6.07, 6.45) is 0. The van der Waals surface area contributed by atoms with Crippen LogP contribution in [0.5, 0.6) is 34.5 Å². The quantitative estimate of drug-likeness (QED) is 0.140. The number of phenolic OH excluding ortho intramolecular Hbond substituents is 6. The van der Waals surface area contributed by atoms with Gasteiger partial charge in [-0.3, -0.25) is 0 Å². The summed E-state index contributed by atoms with van der Waals surface area (Å²) in [6, 6.07) is 0.822. The molecule has 21 heavy (non-hydrogen) atoms. The Kier molecular flexibility index (Phi) is 2.46. The van der Waals surface area contributed by atoms with Gasteiger partial charge in [-0.2, -0.15) is 4.73 Å². The molecule has 9 heteroatoms. The predicted octanol–water partition coefficient (Wildman–Crippen LogP) is 0.766. The standard InChI is InChI=1S/C12H10NO7P/c14-2-1-3(15)8(16)6-4(2)5-7(13(6)20)12(21)11(19)10(18)9(5)17/h1,14-20H,21H2. The molecule has 0 aliphatic rings. The van der Waals surface area contributed by atoms with Crippen molar-refractivity contribution in [1.82, 2.24) is 4.73 Å². The van der Waals surface area contributed by atoms with Crippen molar-refractivity contribution in [1.29, 1.82) is 0 Å². The number of aromatic hydroxyl groups is 6. The van der Waals surface area contributed by atoms with Crippen LogP contribution in [0.15, 0.2) is 6.07 Å². The van der Waals surface area contributed by atoms with E-state index in [-0.39, 0.29) is 27.1 Å². The molecule has 0 fully saturated rings. The second-order valence-corrected chi connectivity index (χ2v) is 5.06. The first kappa shape index (κ1) is 13.3. The minimum atomic E-state index is -0.841. The second kappa shape index (κ2) is 3.89. The van der Waals surface area contributed by atoms with Crippen molar-refractivity contribution in [2.45, 2.75) is 0 Å². The first-order valence-electron chi connectivity index (χ1n) is 5.60. The van der Waals surface area contributed by atoms with E-state index in [1.54, 1.807) is 0 Å². The fraction of sp³-hybridized carbons (Fsp3) is 0. The van der Waals surface area contributed by atoms with Crippen LogP contribution in [0.25, 0.3) is 21.8 Å². The predicted molar refractivity (Wildman–Crippen MR) is 76.0 cm³/mol. The molecular formula is C12H10NO7P. The molecule has 3 rings (SSSR count). The number of hydrogen-bond acceptors (Lipinski definition) is 7. The molecule has 0 amide bonds. The molecule has 0 aliphatic carbocycles. The summed E-state index contributed by atoms with van der Waals surface area (Å²) in [6.45, 7) is 0. The molecule has 0 spiro atoms. The van der Waals surface area contributed by atoms with E-state index in [0.29, 0.717) is 4.73 Å². The maximum atomic E-state index is 10.1. The van der Waals surface area contributed by atoms with Crippen molar-refractivity contribution in [3.63, 3.8) is 0 Å². The van der Waals surface area contributed by atoms with Gasteiger partial charge in [0.15, 0.2) is 23.0 Å². The zero-order chi connectivity index (χ0) is 15.6. The van der Waals surface area contributed by atoms with E-state index < -0.39 is 34.5 Å².